The molecule has 0 bridgehead atoms. The lowest BCUT2D eigenvalue weighted by Gasteiger charge is -2.16. The Morgan fingerprint density at radius 3 is 2.88 bits per heavy atom. The molecule has 0 spiro atoms. The van der Waals surface area contributed by atoms with E-state index in [1.807, 2.05) is 37.4 Å². The second-order valence-electron chi connectivity index (χ2n) is 6.11. The Labute approximate surface area is 148 Å². The van der Waals surface area contributed by atoms with Gasteiger partial charge in [-0.1, -0.05) is 18.2 Å². The van der Waals surface area contributed by atoms with Gasteiger partial charge >= 0.3 is 0 Å². The van der Waals surface area contributed by atoms with Crippen LogP contribution in [0.4, 0.5) is 0 Å². The first kappa shape index (κ1) is 18.4. The number of aromatic nitrogens is 3. The van der Waals surface area contributed by atoms with E-state index < -0.39 is 0 Å². The van der Waals surface area contributed by atoms with Crippen LogP contribution in [0.3, 0.4) is 0 Å². The first-order chi connectivity index (χ1) is 11.2. The van der Waals surface area contributed by atoms with Crippen molar-refractivity contribution in [3.63, 3.8) is 0 Å². The Balaban J connectivity index is 0.00000208. The summed E-state index contributed by atoms with van der Waals surface area (Å²) in [4.78, 5) is 15.6. The number of halogens is 1. The maximum atomic E-state index is 12.2. The van der Waals surface area contributed by atoms with E-state index >= 15 is 0 Å². The molecule has 0 aliphatic carbocycles. The molecule has 130 valence electrons. The third-order valence-corrected chi connectivity index (χ3v) is 4.28. The third-order valence-electron chi connectivity index (χ3n) is 4.28. The van der Waals surface area contributed by atoms with Crippen molar-refractivity contribution in [3.05, 3.63) is 42.2 Å². The summed E-state index contributed by atoms with van der Waals surface area (Å²) in [5.41, 5.74) is 1.72. The van der Waals surface area contributed by atoms with Crippen molar-refractivity contribution < 1.29 is 4.79 Å². The highest BCUT2D eigenvalue weighted by molar-refractivity contribution is 5.85. The SMILES string of the molecule is CN(Cc1cnn(-c2ccccc2)n1)C(=O)CCC1CCNC1.Cl. The van der Waals surface area contributed by atoms with Gasteiger partial charge in [-0.15, -0.1) is 12.4 Å². The van der Waals surface area contributed by atoms with Crippen molar-refractivity contribution in [2.75, 3.05) is 20.1 Å². The van der Waals surface area contributed by atoms with E-state index in [2.05, 4.69) is 15.5 Å². The maximum Gasteiger partial charge on any atom is 0.222 e. The zero-order valence-corrected chi connectivity index (χ0v) is 14.7. The highest BCUT2D eigenvalue weighted by Gasteiger charge is 2.18. The molecule has 1 fully saturated rings. The third kappa shape index (κ3) is 4.79. The van der Waals surface area contributed by atoms with E-state index in [4.69, 9.17) is 0 Å². The van der Waals surface area contributed by atoms with E-state index in [9.17, 15) is 4.79 Å². The number of benzene rings is 1. The summed E-state index contributed by atoms with van der Waals surface area (Å²) < 4.78 is 0. The highest BCUT2D eigenvalue weighted by Crippen LogP contribution is 2.15. The van der Waals surface area contributed by atoms with Crippen LogP contribution in [0, 0.1) is 5.92 Å². The quantitative estimate of drug-likeness (QED) is 0.866. The number of hydrogen-bond donors (Lipinski definition) is 1. The second kappa shape index (κ2) is 8.80. The molecule has 1 aromatic carbocycles. The molecule has 0 saturated carbocycles. The molecule has 1 amide bonds. The molecule has 1 aliphatic heterocycles. The van der Waals surface area contributed by atoms with E-state index in [-0.39, 0.29) is 18.3 Å². The Kier molecular flexibility index (Phi) is 6.75. The fourth-order valence-corrected chi connectivity index (χ4v) is 2.86. The molecular weight excluding hydrogens is 326 g/mol. The number of nitrogens with zero attached hydrogens (tertiary/aromatic N) is 4. The Bertz CT molecular complexity index is 639. The number of rotatable bonds is 6. The Morgan fingerprint density at radius 2 is 2.17 bits per heavy atom. The zero-order valence-electron chi connectivity index (χ0n) is 13.9. The summed E-state index contributed by atoms with van der Waals surface area (Å²) in [6, 6.07) is 9.76. The maximum absolute atomic E-state index is 12.2. The van der Waals surface area contributed by atoms with Crippen molar-refractivity contribution >= 4 is 18.3 Å². The number of nitrogens with one attached hydrogen (secondary N) is 1. The topological polar surface area (TPSA) is 63.1 Å². The molecule has 3 rings (SSSR count). The molecule has 1 atom stereocenters. The molecule has 2 aromatic rings. The van der Waals surface area contributed by atoms with Crippen LogP contribution in [0.2, 0.25) is 0 Å². The largest absolute Gasteiger partial charge is 0.340 e. The molecular formula is C17H24ClN5O. The number of carbonyl (C=O) groups excluding carboxylic acids is 1. The van der Waals surface area contributed by atoms with Crippen LogP contribution >= 0.6 is 12.4 Å². The summed E-state index contributed by atoms with van der Waals surface area (Å²) in [5.74, 6) is 0.817. The molecule has 0 radical (unpaired) electrons. The summed E-state index contributed by atoms with van der Waals surface area (Å²) in [6.07, 6.45) is 4.47. The minimum atomic E-state index is 0. The molecule has 24 heavy (non-hydrogen) atoms. The highest BCUT2D eigenvalue weighted by atomic mass is 35.5. The normalized spacial score (nSPS) is 16.6. The van der Waals surface area contributed by atoms with Crippen LogP contribution in [0.1, 0.15) is 25.0 Å². The van der Waals surface area contributed by atoms with Crippen molar-refractivity contribution in [1.82, 2.24) is 25.2 Å². The van der Waals surface area contributed by atoms with Gasteiger partial charge in [0, 0.05) is 13.5 Å². The van der Waals surface area contributed by atoms with Gasteiger partial charge in [-0.25, -0.2) is 0 Å². The van der Waals surface area contributed by atoms with Crippen LogP contribution in [0.15, 0.2) is 36.5 Å². The minimum absolute atomic E-state index is 0. The van der Waals surface area contributed by atoms with Gasteiger partial charge in [0.05, 0.1) is 18.4 Å². The fourth-order valence-electron chi connectivity index (χ4n) is 2.86. The van der Waals surface area contributed by atoms with Crippen LogP contribution in [0.5, 0.6) is 0 Å². The van der Waals surface area contributed by atoms with Gasteiger partial charge in [0.15, 0.2) is 0 Å². The van der Waals surface area contributed by atoms with Crippen molar-refractivity contribution in [3.8, 4) is 5.69 Å². The molecule has 1 aliphatic rings. The molecule has 2 heterocycles. The molecule has 1 N–H and O–H groups in total. The van der Waals surface area contributed by atoms with Crippen molar-refractivity contribution in [1.29, 1.82) is 0 Å². The van der Waals surface area contributed by atoms with E-state index in [1.165, 1.54) is 6.42 Å². The van der Waals surface area contributed by atoms with Crippen LogP contribution < -0.4 is 5.32 Å². The average Bonchev–Trinajstić information content (AvgIpc) is 3.25. The Hall–Kier alpha value is -1.92. The fraction of sp³-hybridized carbons (Fsp3) is 0.471. The Morgan fingerprint density at radius 1 is 1.38 bits per heavy atom. The average molecular weight is 350 g/mol. The van der Waals surface area contributed by atoms with Crippen LogP contribution in [-0.2, 0) is 11.3 Å². The standard InChI is InChI=1S/C17H23N5O.ClH/c1-21(17(23)8-7-14-9-10-18-11-14)13-15-12-19-22(20-15)16-5-3-2-4-6-16;/h2-6,12,14,18H,7-11,13H2,1H3;1H. The second-order valence-corrected chi connectivity index (χ2v) is 6.11. The molecule has 1 unspecified atom stereocenters. The molecule has 6 nitrogen and oxygen atoms in total. The lowest BCUT2D eigenvalue weighted by molar-refractivity contribution is -0.130. The minimum Gasteiger partial charge on any atom is -0.340 e. The van der Waals surface area contributed by atoms with Gasteiger partial charge < -0.3 is 10.2 Å². The van der Waals surface area contributed by atoms with Gasteiger partial charge in [-0.05, 0) is 44.0 Å². The van der Waals surface area contributed by atoms with Crippen molar-refractivity contribution in [2.24, 2.45) is 5.92 Å². The number of carbonyl (C=O) groups is 1. The zero-order chi connectivity index (χ0) is 16.1. The van der Waals surface area contributed by atoms with Gasteiger partial charge in [0.2, 0.25) is 5.91 Å². The lowest BCUT2D eigenvalue weighted by atomic mass is 10.0. The first-order valence-electron chi connectivity index (χ1n) is 8.13. The van der Waals surface area contributed by atoms with Gasteiger partial charge in [0.25, 0.3) is 0 Å². The summed E-state index contributed by atoms with van der Waals surface area (Å²) in [7, 11) is 1.83. The van der Waals surface area contributed by atoms with Crippen LogP contribution in [0.25, 0.3) is 5.69 Å². The van der Waals surface area contributed by atoms with Gasteiger partial charge in [-0.3, -0.25) is 4.79 Å². The van der Waals surface area contributed by atoms with E-state index in [1.54, 1.807) is 15.9 Å². The lowest BCUT2D eigenvalue weighted by Crippen LogP contribution is -2.27. The summed E-state index contributed by atoms with van der Waals surface area (Å²) >= 11 is 0. The predicted octanol–water partition coefficient (Wildman–Crippen LogP) is 2.04. The summed E-state index contributed by atoms with van der Waals surface area (Å²) in [6.45, 7) is 2.62. The van der Waals surface area contributed by atoms with E-state index in [0.717, 1.165) is 30.9 Å². The van der Waals surface area contributed by atoms with Gasteiger partial charge in [0.1, 0.15) is 5.69 Å². The number of para-hydroxylation sites is 1. The predicted molar refractivity (Wildman–Crippen MR) is 95.3 cm³/mol. The van der Waals surface area contributed by atoms with E-state index in [0.29, 0.717) is 18.9 Å². The summed E-state index contributed by atoms with van der Waals surface area (Å²) in [5, 5.41) is 12.0. The van der Waals surface area contributed by atoms with Gasteiger partial charge in [-0.2, -0.15) is 15.0 Å². The smallest absolute Gasteiger partial charge is 0.222 e. The monoisotopic (exact) mass is 349 g/mol. The number of amides is 1. The van der Waals surface area contributed by atoms with Crippen LogP contribution in [-0.4, -0.2) is 45.9 Å². The first-order valence-corrected chi connectivity index (χ1v) is 8.13. The molecule has 1 saturated heterocycles. The molecule has 1 aromatic heterocycles. The molecule has 7 heteroatoms. The number of hydrogen-bond acceptors (Lipinski definition) is 4. The van der Waals surface area contributed by atoms with Crippen molar-refractivity contribution in [2.45, 2.75) is 25.8 Å².